The third-order valence-corrected chi connectivity index (χ3v) is 3.67. The first-order valence-corrected chi connectivity index (χ1v) is 6.02. The van der Waals surface area contributed by atoms with Crippen LogP contribution in [0.15, 0.2) is 10.9 Å². The van der Waals surface area contributed by atoms with Gasteiger partial charge in [0.05, 0.1) is 11.2 Å². The second-order valence-corrected chi connectivity index (χ2v) is 4.60. The van der Waals surface area contributed by atoms with Crippen molar-refractivity contribution in [3.63, 3.8) is 0 Å². The highest BCUT2D eigenvalue weighted by Crippen LogP contribution is 2.32. The summed E-state index contributed by atoms with van der Waals surface area (Å²) in [6.07, 6.45) is 1.15. The second kappa shape index (κ2) is 4.18. The van der Waals surface area contributed by atoms with Crippen LogP contribution in [0.5, 0.6) is 0 Å². The molecule has 5 heteroatoms. The summed E-state index contributed by atoms with van der Waals surface area (Å²) < 4.78 is 0. The Morgan fingerprint density at radius 1 is 1.73 bits per heavy atom. The molecule has 0 aliphatic carbocycles. The Bertz CT molecular complexity index is 339. The molecule has 1 aromatic rings. The number of hydrogen-bond acceptors (Lipinski definition) is 3. The first-order chi connectivity index (χ1) is 7.20. The van der Waals surface area contributed by atoms with Gasteiger partial charge >= 0.3 is 6.09 Å². The first-order valence-electron chi connectivity index (χ1n) is 5.08. The largest absolute Gasteiger partial charge is 0.465 e. The molecule has 1 fully saturated rings. The minimum absolute atomic E-state index is 0.0401. The zero-order valence-corrected chi connectivity index (χ0v) is 9.41. The van der Waals surface area contributed by atoms with E-state index in [1.807, 2.05) is 17.8 Å². The van der Waals surface area contributed by atoms with E-state index in [1.54, 1.807) is 11.3 Å². The fraction of sp³-hybridized carbons (Fsp3) is 0.600. The van der Waals surface area contributed by atoms with Crippen LogP contribution in [0.25, 0.3) is 0 Å². The van der Waals surface area contributed by atoms with Gasteiger partial charge in [-0.3, -0.25) is 0 Å². The molecule has 2 heterocycles. The van der Waals surface area contributed by atoms with E-state index in [-0.39, 0.29) is 12.0 Å². The average molecular weight is 226 g/mol. The summed E-state index contributed by atoms with van der Waals surface area (Å²) in [7, 11) is 0. The van der Waals surface area contributed by atoms with Gasteiger partial charge in [-0.05, 0) is 19.8 Å². The molecule has 2 rings (SSSR count). The SMILES string of the molecule is CC1C(c2cscn2)CCCN1C(=O)O. The molecular formula is C10H14N2O2S. The Morgan fingerprint density at radius 2 is 2.53 bits per heavy atom. The molecule has 1 N–H and O–H groups in total. The van der Waals surface area contributed by atoms with Crippen molar-refractivity contribution >= 4 is 17.4 Å². The number of rotatable bonds is 1. The monoisotopic (exact) mass is 226 g/mol. The summed E-state index contributed by atoms with van der Waals surface area (Å²) in [5.41, 5.74) is 2.85. The Morgan fingerprint density at radius 3 is 3.13 bits per heavy atom. The number of amides is 1. The lowest BCUT2D eigenvalue weighted by Crippen LogP contribution is -2.45. The second-order valence-electron chi connectivity index (χ2n) is 3.88. The topological polar surface area (TPSA) is 53.4 Å². The number of carbonyl (C=O) groups is 1. The van der Waals surface area contributed by atoms with Gasteiger partial charge in [0.15, 0.2) is 0 Å². The van der Waals surface area contributed by atoms with Crippen molar-refractivity contribution < 1.29 is 9.90 Å². The molecule has 4 nitrogen and oxygen atoms in total. The summed E-state index contributed by atoms with van der Waals surface area (Å²) in [4.78, 5) is 16.8. The van der Waals surface area contributed by atoms with Crippen molar-refractivity contribution in [1.29, 1.82) is 0 Å². The molecule has 15 heavy (non-hydrogen) atoms. The Kier molecular flexibility index (Phi) is 2.90. The van der Waals surface area contributed by atoms with Gasteiger partial charge in [0, 0.05) is 23.9 Å². The fourth-order valence-corrected chi connectivity index (χ4v) is 2.83. The zero-order chi connectivity index (χ0) is 10.8. The van der Waals surface area contributed by atoms with E-state index in [1.165, 1.54) is 4.90 Å². The van der Waals surface area contributed by atoms with Crippen LogP contribution in [0.1, 0.15) is 31.4 Å². The predicted molar refractivity (Wildman–Crippen MR) is 58.3 cm³/mol. The molecule has 1 amide bonds. The van der Waals surface area contributed by atoms with Gasteiger partial charge in [-0.1, -0.05) is 0 Å². The van der Waals surface area contributed by atoms with Gasteiger partial charge in [0.2, 0.25) is 0 Å². The van der Waals surface area contributed by atoms with Crippen LogP contribution >= 0.6 is 11.3 Å². The molecule has 1 aliphatic rings. The normalized spacial score (nSPS) is 26.6. The van der Waals surface area contributed by atoms with Crippen molar-refractivity contribution in [3.8, 4) is 0 Å². The molecular weight excluding hydrogens is 212 g/mol. The van der Waals surface area contributed by atoms with E-state index in [0.29, 0.717) is 6.54 Å². The van der Waals surface area contributed by atoms with Gasteiger partial charge < -0.3 is 10.0 Å². The van der Waals surface area contributed by atoms with Gasteiger partial charge in [-0.25, -0.2) is 9.78 Å². The van der Waals surface area contributed by atoms with Crippen molar-refractivity contribution in [1.82, 2.24) is 9.88 Å². The standard InChI is InChI=1S/C10H14N2O2S/c1-7-8(9-5-15-6-11-9)3-2-4-12(7)10(13)14/h5-8H,2-4H2,1H3,(H,13,14). The lowest BCUT2D eigenvalue weighted by atomic mass is 9.88. The van der Waals surface area contributed by atoms with Crippen LogP contribution in [0, 0.1) is 0 Å². The number of piperidine rings is 1. The van der Waals surface area contributed by atoms with Crippen LogP contribution in [0.3, 0.4) is 0 Å². The Hall–Kier alpha value is -1.10. The molecule has 0 bridgehead atoms. The minimum Gasteiger partial charge on any atom is -0.465 e. The summed E-state index contributed by atoms with van der Waals surface area (Å²) in [5, 5.41) is 11.1. The van der Waals surface area contributed by atoms with Crippen LogP contribution in [-0.2, 0) is 0 Å². The molecule has 1 aromatic heterocycles. The number of thiazole rings is 1. The van der Waals surface area contributed by atoms with Gasteiger partial charge in [-0.15, -0.1) is 11.3 Å². The zero-order valence-electron chi connectivity index (χ0n) is 8.59. The maximum atomic E-state index is 11.0. The van der Waals surface area contributed by atoms with Crippen LogP contribution in [0.2, 0.25) is 0 Å². The molecule has 0 spiro atoms. The average Bonchev–Trinajstić information content (AvgIpc) is 2.70. The molecule has 1 saturated heterocycles. The van der Waals surface area contributed by atoms with E-state index in [2.05, 4.69) is 4.98 Å². The van der Waals surface area contributed by atoms with Crippen LogP contribution in [0.4, 0.5) is 4.79 Å². The van der Waals surface area contributed by atoms with E-state index in [9.17, 15) is 4.79 Å². The lowest BCUT2D eigenvalue weighted by molar-refractivity contribution is 0.102. The maximum Gasteiger partial charge on any atom is 0.407 e. The highest BCUT2D eigenvalue weighted by molar-refractivity contribution is 7.07. The Balaban J connectivity index is 2.16. The van der Waals surface area contributed by atoms with E-state index in [0.717, 1.165) is 18.5 Å². The molecule has 0 saturated carbocycles. The number of carboxylic acid groups (broad SMARTS) is 1. The lowest BCUT2D eigenvalue weighted by Gasteiger charge is -2.36. The quantitative estimate of drug-likeness (QED) is 0.800. The number of hydrogen-bond donors (Lipinski definition) is 1. The van der Waals surface area contributed by atoms with Gasteiger partial charge in [0.25, 0.3) is 0 Å². The highest BCUT2D eigenvalue weighted by atomic mass is 32.1. The van der Waals surface area contributed by atoms with Gasteiger partial charge in [-0.2, -0.15) is 0 Å². The molecule has 82 valence electrons. The van der Waals surface area contributed by atoms with Crippen LogP contribution in [-0.4, -0.2) is 33.7 Å². The van der Waals surface area contributed by atoms with Crippen molar-refractivity contribution in [3.05, 3.63) is 16.6 Å². The third-order valence-electron chi connectivity index (χ3n) is 3.07. The molecule has 2 unspecified atom stereocenters. The highest BCUT2D eigenvalue weighted by Gasteiger charge is 2.32. The molecule has 0 radical (unpaired) electrons. The smallest absolute Gasteiger partial charge is 0.407 e. The van der Waals surface area contributed by atoms with Crippen molar-refractivity contribution in [2.75, 3.05) is 6.54 Å². The maximum absolute atomic E-state index is 11.0. The van der Waals surface area contributed by atoms with Crippen LogP contribution < -0.4 is 0 Å². The van der Waals surface area contributed by atoms with Crippen molar-refractivity contribution in [2.45, 2.75) is 31.7 Å². The summed E-state index contributed by atoms with van der Waals surface area (Å²) in [6, 6.07) is 0.0401. The Labute approximate surface area is 92.6 Å². The van der Waals surface area contributed by atoms with E-state index in [4.69, 9.17) is 5.11 Å². The molecule has 2 atom stereocenters. The summed E-state index contributed by atoms with van der Waals surface area (Å²) in [5.74, 6) is 0.265. The summed E-state index contributed by atoms with van der Waals surface area (Å²) >= 11 is 1.57. The number of likely N-dealkylation sites (tertiary alicyclic amines) is 1. The fourth-order valence-electron chi connectivity index (χ4n) is 2.21. The predicted octanol–water partition coefficient (Wildman–Crippen LogP) is 2.39. The van der Waals surface area contributed by atoms with Gasteiger partial charge in [0.1, 0.15) is 0 Å². The van der Waals surface area contributed by atoms with E-state index >= 15 is 0 Å². The molecule has 0 aromatic carbocycles. The minimum atomic E-state index is -0.817. The number of nitrogens with zero attached hydrogens (tertiary/aromatic N) is 2. The number of aromatic nitrogens is 1. The summed E-state index contributed by atoms with van der Waals surface area (Å²) in [6.45, 7) is 2.62. The molecule has 1 aliphatic heterocycles. The van der Waals surface area contributed by atoms with Crippen molar-refractivity contribution in [2.24, 2.45) is 0 Å². The first kappa shape index (κ1) is 10.4. The van der Waals surface area contributed by atoms with E-state index < -0.39 is 6.09 Å². The third kappa shape index (κ3) is 1.97.